The number of rotatable bonds is 1. The molecule has 0 bridgehead atoms. The van der Waals surface area contributed by atoms with Crippen molar-refractivity contribution < 1.29 is 4.74 Å². The van der Waals surface area contributed by atoms with E-state index >= 15 is 0 Å². The normalized spacial score (nSPS) is 12.8. The summed E-state index contributed by atoms with van der Waals surface area (Å²) in [6.45, 7) is 0. The van der Waals surface area contributed by atoms with Crippen LogP contribution in [0.25, 0.3) is 11.3 Å². The minimum atomic E-state index is 0.482. The van der Waals surface area contributed by atoms with E-state index in [1.165, 1.54) is 11.1 Å². The Bertz CT molecular complexity index is 581. The van der Waals surface area contributed by atoms with Gasteiger partial charge >= 0.3 is 0 Å². The summed E-state index contributed by atoms with van der Waals surface area (Å²) in [5.74, 6) is 1.32. The standard InChI is InChI=1S/C13H13N3O/c1-17-10-5-4-8-2-3-9-6-12(14)15-16-13(9)11(8)7-10/h4-7H,2-3H2,1H3,(H2,14,15). The van der Waals surface area contributed by atoms with Crippen LogP contribution < -0.4 is 10.5 Å². The molecule has 0 saturated carbocycles. The molecule has 1 heterocycles. The number of aryl methyl sites for hydroxylation is 2. The lowest BCUT2D eigenvalue weighted by Crippen LogP contribution is -2.08. The molecule has 0 radical (unpaired) electrons. The minimum Gasteiger partial charge on any atom is -0.497 e. The fourth-order valence-corrected chi connectivity index (χ4v) is 2.26. The molecule has 0 aliphatic heterocycles. The van der Waals surface area contributed by atoms with Gasteiger partial charge in [-0.1, -0.05) is 6.07 Å². The Morgan fingerprint density at radius 3 is 2.76 bits per heavy atom. The molecule has 0 atom stereocenters. The summed E-state index contributed by atoms with van der Waals surface area (Å²) < 4.78 is 5.25. The third-order valence-electron chi connectivity index (χ3n) is 3.13. The van der Waals surface area contributed by atoms with Gasteiger partial charge in [0, 0.05) is 5.56 Å². The highest BCUT2D eigenvalue weighted by atomic mass is 16.5. The largest absolute Gasteiger partial charge is 0.497 e. The fraction of sp³-hybridized carbons (Fsp3) is 0.231. The number of nitrogen functional groups attached to an aromatic ring is 1. The zero-order valence-corrected chi connectivity index (χ0v) is 9.60. The van der Waals surface area contributed by atoms with Gasteiger partial charge in [-0.2, -0.15) is 0 Å². The molecule has 86 valence electrons. The van der Waals surface area contributed by atoms with Crippen molar-refractivity contribution in [3.63, 3.8) is 0 Å². The predicted molar refractivity (Wildman–Crippen MR) is 65.8 cm³/mol. The Morgan fingerprint density at radius 1 is 1.12 bits per heavy atom. The molecule has 1 aromatic carbocycles. The third kappa shape index (κ3) is 1.62. The van der Waals surface area contributed by atoms with Gasteiger partial charge in [-0.3, -0.25) is 0 Å². The van der Waals surface area contributed by atoms with Gasteiger partial charge in [0.1, 0.15) is 11.6 Å². The number of hydrogen-bond donors (Lipinski definition) is 1. The Kier molecular flexibility index (Phi) is 2.21. The molecule has 2 aromatic rings. The van der Waals surface area contributed by atoms with Gasteiger partial charge in [0.25, 0.3) is 0 Å². The van der Waals surface area contributed by atoms with Crippen molar-refractivity contribution in [1.29, 1.82) is 0 Å². The van der Waals surface area contributed by atoms with Crippen molar-refractivity contribution in [2.45, 2.75) is 12.8 Å². The molecule has 0 spiro atoms. The summed E-state index contributed by atoms with van der Waals surface area (Å²) in [6, 6.07) is 7.99. The van der Waals surface area contributed by atoms with E-state index in [1.807, 2.05) is 18.2 Å². The van der Waals surface area contributed by atoms with Crippen LogP contribution in [0.2, 0.25) is 0 Å². The molecule has 0 amide bonds. The highest BCUT2D eigenvalue weighted by Gasteiger charge is 2.18. The van der Waals surface area contributed by atoms with Crippen molar-refractivity contribution in [2.24, 2.45) is 0 Å². The maximum Gasteiger partial charge on any atom is 0.146 e. The van der Waals surface area contributed by atoms with Gasteiger partial charge in [0.15, 0.2) is 0 Å². The number of aromatic nitrogens is 2. The molecule has 2 N–H and O–H groups in total. The van der Waals surface area contributed by atoms with Crippen molar-refractivity contribution in [3.05, 3.63) is 35.4 Å². The van der Waals surface area contributed by atoms with E-state index in [2.05, 4.69) is 16.3 Å². The molecular formula is C13H13N3O. The van der Waals surface area contributed by atoms with Crippen LogP contribution in [0.3, 0.4) is 0 Å². The zero-order chi connectivity index (χ0) is 11.8. The van der Waals surface area contributed by atoms with Gasteiger partial charge in [-0.25, -0.2) is 0 Å². The molecule has 0 fully saturated rings. The Morgan fingerprint density at radius 2 is 1.94 bits per heavy atom. The van der Waals surface area contributed by atoms with E-state index in [1.54, 1.807) is 7.11 Å². The first-order valence-electron chi connectivity index (χ1n) is 5.57. The van der Waals surface area contributed by atoms with E-state index in [9.17, 15) is 0 Å². The number of fused-ring (bicyclic) bond motifs is 3. The first kappa shape index (κ1) is 10.1. The fourth-order valence-electron chi connectivity index (χ4n) is 2.26. The zero-order valence-electron chi connectivity index (χ0n) is 9.60. The van der Waals surface area contributed by atoms with Crippen LogP contribution in [-0.4, -0.2) is 17.3 Å². The maximum atomic E-state index is 5.66. The van der Waals surface area contributed by atoms with Gasteiger partial charge < -0.3 is 10.5 Å². The predicted octanol–water partition coefficient (Wildman–Crippen LogP) is 1.83. The average molecular weight is 227 g/mol. The Labute approximate surface area is 99.4 Å². The second kappa shape index (κ2) is 3.73. The SMILES string of the molecule is COc1ccc2c(c1)-c1nnc(N)cc1CC2. The Balaban J connectivity index is 2.20. The van der Waals surface area contributed by atoms with Gasteiger partial charge in [-0.05, 0) is 42.2 Å². The molecule has 0 unspecified atom stereocenters. The number of benzene rings is 1. The van der Waals surface area contributed by atoms with Crippen molar-refractivity contribution in [3.8, 4) is 17.0 Å². The number of ether oxygens (including phenoxy) is 1. The summed E-state index contributed by atoms with van der Waals surface area (Å²) in [4.78, 5) is 0. The summed E-state index contributed by atoms with van der Waals surface area (Å²) in [5.41, 5.74) is 10.2. The lowest BCUT2D eigenvalue weighted by atomic mass is 9.89. The second-order valence-corrected chi connectivity index (χ2v) is 4.17. The van der Waals surface area contributed by atoms with Crippen LogP contribution in [0.15, 0.2) is 24.3 Å². The monoisotopic (exact) mass is 227 g/mol. The highest BCUT2D eigenvalue weighted by molar-refractivity contribution is 5.71. The minimum absolute atomic E-state index is 0.482. The second-order valence-electron chi connectivity index (χ2n) is 4.17. The summed E-state index contributed by atoms with van der Waals surface area (Å²) in [6.07, 6.45) is 1.98. The molecule has 17 heavy (non-hydrogen) atoms. The molecule has 4 heteroatoms. The molecule has 3 rings (SSSR count). The number of hydrogen-bond acceptors (Lipinski definition) is 4. The lowest BCUT2D eigenvalue weighted by Gasteiger charge is -2.18. The number of methoxy groups -OCH3 is 1. The maximum absolute atomic E-state index is 5.66. The van der Waals surface area contributed by atoms with Crippen LogP contribution in [0.5, 0.6) is 5.75 Å². The van der Waals surface area contributed by atoms with E-state index in [0.29, 0.717) is 5.82 Å². The van der Waals surface area contributed by atoms with Gasteiger partial charge in [-0.15, -0.1) is 10.2 Å². The van der Waals surface area contributed by atoms with Crippen LogP contribution in [-0.2, 0) is 12.8 Å². The summed E-state index contributed by atoms with van der Waals surface area (Å²) >= 11 is 0. The third-order valence-corrected chi connectivity index (χ3v) is 3.13. The number of anilines is 1. The number of nitrogens with zero attached hydrogens (tertiary/aromatic N) is 2. The quantitative estimate of drug-likeness (QED) is 0.807. The summed E-state index contributed by atoms with van der Waals surface area (Å²) in [5, 5.41) is 8.14. The van der Waals surface area contributed by atoms with Crippen molar-refractivity contribution in [2.75, 3.05) is 12.8 Å². The molecule has 4 nitrogen and oxygen atoms in total. The van der Waals surface area contributed by atoms with E-state index in [4.69, 9.17) is 10.5 Å². The van der Waals surface area contributed by atoms with Crippen LogP contribution in [0, 0.1) is 0 Å². The summed E-state index contributed by atoms with van der Waals surface area (Å²) in [7, 11) is 1.67. The topological polar surface area (TPSA) is 61.0 Å². The molecule has 1 aromatic heterocycles. The highest BCUT2D eigenvalue weighted by Crippen LogP contribution is 2.34. The lowest BCUT2D eigenvalue weighted by molar-refractivity contribution is 0.415. The Hall–Kier alpha value is -2.10. The van der Waals surface area contributed by atoms with Crippen LogP contribution in [0.4, 0.5) is 5.82 Å². The van der Waals surface area contributed by atoms with E-state index in [0.717, 1.165) is 29.8 Å². The molecule has 0 saturated heterocycles. The van der Waals surface area contributed by atoms with Crippen LogP contribution in [0.1, 0.15) is 11.1 Å². The van der Waals surface area contributed by atoms with Crippen molar-refractivity contribution in [1.82, 2.24) is 10.2 Å². The number of nitrogens with two attached hydrogens (primary N) is 1. The molecule has 1 aliphatic carbocycles. The van der Waals surface area contributed by atoms with Gasteiger partial charge in [0.05, 0.1) is 12.8 Å². The van der Waals surface area contributed by atoms with Crippen LogP contribution >= 0.6 is 0 Å². The average Bonchev–Trinajstić information content (AvgIpc) is 2.37. The van der Waals surface area contributed by atoms with E-state index < -0.39 is 0 Å². The van der Waals surface area contributed by atoms with Crippen molar-refractivity contribution >= 4 is 5.82 Å². The molecular weight excluding hydrogens is 214 g/mol. The smallest absolute Gasteiger partial charge is 0.146 e. The first-order valence-corrected chi connectivity index (χ1v) is 5.57. The molecule has 1 aliphatic rings. The first-order chi connectivity index (χ1) is 8.28. The van der Waals surface area contributed by atoms with E-state index in [-0.39, 0.29) is 0 Å². The van der Waals surface area contributed by atoms with Gasteiger partial charge in [0.2, 0.25) is 0 Å².